The molecule has 0 radical (unpaired) electrons. The van der Waals surface area contributed by atoms with Gasteiger partial charge in [0.25, 0.3) is 0 Å². The molecule has 0 saturated heterocycles. The van der Waals surface area contributed by atoms with Crippen LogP contribution in [-0.2, 0) is 4.74 Å². The van der Waals surface area contributed by atoms with Gasteiger partial charge in [-0.05, 0) is 32.6 Å². The van der Waals surface area contributed by atoms with Gasteiger partial charge in [0, 0.05) is 0 Å². The van der Waals surface area contributed by atoms with Gasteiger partial charge in [0.2, 0.25) is 0 Å². The van der Waals surface area contributed by atoms with E-state index >= 15 is 0 Å². The van der Waals surface area contributed by atoms with Crippen molar-refractivity contribution >= 4 is 6.09 Å². The molecule has 1 amide bonds. The van der Waals surface area contributed by atoms with Crippen molar-refractivity contribution in [3.8, 4) is 12.3 Å². The van der Waals surface area contributed by atoms with Crippen LogP contribution in [0.2, 0.25) is 0 Å². The Morgan fingerprint density at radius 1 is 1.20 bits per heavy atom. The molecule has 0 bridgehead atoms. The van der Waals surface area contributed by atoms with Gasteiger partial charge in [-0.2, -0.15) is 0 Å². The molecule has 0 aliphatic heterocycles. The Labute approximate surface area is 123 Å². The minimum Gasteiger partial charge on any atom is -0.444 e. The molecule has 0 spiro atoms. The van der Waals surface area contributed by atoms with Gasteiger partial charge in [0.05, 0.1) is 18.1 Å². The maximum Gasteiger partial charge on any atom is 0.407 e. The van der Waals surface area contributed by atoms with Crippen molar-refractivity contribution in [2.45, 2.75) is 66.2 Å². The Kier molecular flexibility index (Phi) is 7.08. The standard InChI is InChI=1S/C16H29NO3/c1-9-12(14(18)11(4)5)13(10(2)3)17-15(19)20-16(6,7)8/h1,10-14,18H,2-8H3,(H,17,19)/t12-,13+,14-/m1/s1. The Morgan fingerprint density at radius 3 is 2.00 bits per heavy atom. The second kappa shape index (κ2) is 7.54. The number of rotatable bonds is 5. The molecular formula is C16H29NO3. The van der Waals surface area contributed by atoms with E-state index in [9.17, 15) is 9.90 Å². The van der Waals surface area contributed by atoms with Crippen molar-refractivity contribution in [2.24, 2.45) is 17.8 Å². The topological polar surface area (TPSA) is 58.6 Å². The molecule has 0 rings (SSSR count). The number of hydrogen-bond donors (Lipinski definition) is 2. The predicted molar refractivity (Wildman–Crippen MR) is 81.2 cm³/mol. The maximum absolute atomic E-state index is 11.9. The molecule has 20 heavy (non-hydrogen) atoms. The highest BCUT2D eigenvalue weighted by Gasteiger charge is 2.33. The zero-order chi connectivity index (χ0) is 16.1. The zero-order valence-electron chi connectivity index (χ0n) is 13.7. The van der Waals surface area contributed by atoms with E-state index in [1.165, 1.54) is 0 Å². The number of terminal acetylenes is 1. The van der Waals surface area contributed by atoms with Crippen molar-refractivity contribution in [3.05, 3.63) is 0 Å². The SMILES string of the molecule is C#C[C@@H]([C@H](O)C(C)C)[C@@H](NC(=O)OC(C)(C)C)C(C)C. The summed E-state index contributed by atoms with van der Waals surface area (Å²) in [6, 6.07) is -0.327. The first-order valence-electron chi connectivity index (χ1n) is 7.13. The van der Waals surface area contributed by atoms with Crippen LogP contribution < -0.4 is 5.32 Å². The highest BCUT2D eigenvalue weighted by atomic mass is 16.6. The van der Waals surface area contributed by atoms with Crippen LogP contribution >= 0.6 is 0 Å². The van der Waals surface area contributed by atoms with E-state index in [4.69, 9.17) is 11.2 Å². The Hall–Kier alpha value is -1.21. The molecule has 0 aromatic heterocycles. The quantitative estimate of drug-likeness (QED) is 0.763. The maximum atomic E-state index is 11.9. The van der Waals surface area contributed by atoms with Crippen molar-refractivity contribution < 1.29 is 14.6 Å². The molecule has 116 valence electrons. The van der Waals surface area contributed by atoms with Gasteiger partial charge >= 0.3 is 6.09 Å². The van der Waals surface area contributed by atoms with E-state index in [1.54, 1.807) is 20.8 Å². The van der Waals surface area contributed by atoms with Gasteiger partial charge in [-0.3, -0.25) is 0 Å². The van der Waals surface area contributed by atoms with Gasteiger partial charge in [0.1, 0.15) is 5.60 Å². The highest BCUT2D eigenvalue weighted by molar-refractivity contribution is 5.68. The van der Waals surface area contributed by atoms with Crippen LogP contribution in [0.4, 0.5) is 4.79 Å². The molecule has 0 saturated carbocycles. The van der Waals surface area contributed by atoms with Crippen molar-refractivity contribution in [1.29, 1.82) is 0 Å². The van der Waals surface area contributed by atoms with Crippen LogP contribution in [-0.4, -0.2) is 28.9 Å². The first-order valence-corrected chi connectivity index (χ1v) is 7.13. The molecule has 0 aromatic carbocycles. The largest absolute Gasteiger partial charge is 0.444 e. The zero-order valence-corrected chi connectivity index (χ0v) is 13.7. The van der Waals surface area contributed by atoms with Gasteiger partial charge in [-0.25, -0.2) is 4.79 Å². The van der Waals surface area contributed by atoms with Gasteiger partial charge in [0.15, 0.2) is 0 Å². The number of carbonyl (C=O) groups is 1. The second-order valence-corrected chi connectivity index (χ2v) is 6.84. The molecule has 3 atom stereocenters. The Morgan fingerprint density at radius 2 is 1.70 bits per heavy atom. The predicted octanol–water partition coefficient (Wildman–Crippen LogP) is 2.80. The Bertz CT molecular complexity index is 350. The van der Waals surface area contributed by atoms with Crippen LogP contribution in [0, 0.1) is 30.1 Å². The molecule has 4 heteroatoms. The average Bonchev–Trinajstić information content (AvgIpc) is 2.25. The van der Waals surface area contributed by atoms with Gasteiger partial charge in [-0.1, -0.05) is 33.6 Å². The van der Waals surface area contributed by atoms with E-state index in [0.717, 1.165) is 0 Å². The summed E-state index contributed by atoms with van der Waals surface area (Å²) in [4.78, 5) is 11.9. The van der Waals surface area contributed by atoms with E-state index < -0.39 is 23.7 Å². The molecular weight excluding hydrogens is 254 g/mol. The third-order valence-electron chi connectivity index (χ3n) is 3.03. The first-order chi connectivity index (χ1) is 8.99. The fourth-order valence-electron chi connectivity index (χ4n) is 1.94. The van der Waals surface area contributed by atoms with Crippen LogP contribution in [0.25, 0.3) is 0 Å². The molecule has 0 unspecified atom stereocenters. The molecule has 0 heterocycles. The minimum atomic E-state index is -0.665. The molecule has 0 aliphatic carbocycles. The lowest BCUT2D eigenvalue weighted by Gasteiger charge is -2.33. The number of nitrogens with one attached hydrogen (secondary N) is 1. The van der Waals surface area contributed by atoms with E-state index in [1.807, 2.05) is 27.7 Å². The number of aliphatic hydroxyl groups excluding tert-OH is 1. The lowest BCUT2D eigenvalue weighted by Crippen LogP contribution is -2.49. The Balaban J connectivity index is 4.97. The first kappa shape index (κ1) is 18.8. The lowest BCUT2D eigenvalue weighted by molar-refractivity contribution is 0.0350. The summed E-state index contributed by atoms with van der Waals surface area (Å²) in [6.45, 7) is 13.1. The summed E-state index contributed by atoms with van der Waals surface area (Å²) in [7, 11) is 0. The summed E-state index contributed by atoms with van der Waals surface area (Å²) in [5, 5.41) is 13.0. The van der Waals surface area contributed by atoms with E-state index in [-0.39, 0.29) is 17.9 Å². The molecule has 2 N–H and O–H groups in total. The normalized spacial score (nSPS) is 16.4. The molecule has 0 fully saturated rings. The number of amides is 1. The second-order valence-electron chi connectivity index (χ2n) is 6.84. The monoisotopic (exact) mass is 283 g/mol. The summed E-state index contributed by atoms with van der Waals surface area (Å²) in [5.41, 5.74) is -0.562. The molecule has 0 aliphatic rings. The van der Waals surface area contributed by atoms with Crippen molar-refractivity contribution in [3.63, 3.8) is 0 Å². The smallest absolute Gasteiger partial charge is 0.407 e. The molecule has 4 nitrogen and oxygen atoms in total. The summed E-state index contributed by atoms with van der Waals surface area (Å²) >= 11 is 0. The number of ether oxygens (including phenoxy) is 1. The van der Waals surface area contributed by atoms with Crippen LogP contribution in [0.5, 0.6) is 0 Å². The highest BCUT2D eigenvalue weighted by Crippen LogP contribution is 2.21. The van der Waals surface area contributed by atoms with E-state index in [0.29, 0.717) is 0 Å². The van der Waals surface area contributed by atoms with Crippen molar-refractivity contribution in [1.82, 2.24) is 5.32 Å². The third kappa shape index (κ3) is 6.29. The summed E-state index contributed by atoms with van der Waals surface area (Å²) in [5.74, 6) is 2.29. The van der Waals surface area contributed by atoms with Crippen LogP contribution in [0.15, 0.2) is 0 Å². The number of carbonyl (C=O) groups excluding carboxylic acids is 1. The third-order valence-corrected chi connectivity index (χ3v) is 3.03. The summed E-state index contributed by atoms with van der Waals surface area (Å²) < 4.78 is 5.25. The lowest BCUT2D eigenvalue weighted by atomic mass is 9.83. The minimum absolute atomic E-state index is 0.0257. The van der Waals surface area contributed by atoms with Gasteiger partial charge in [-0.15, -0.1) is 6.42 Å². The van der Waals surface area contributed by atoms with Gasteiger partial charge < -0.3 is 15.2 Å². The van der Waals surface area contributed by atoms with E-state index in [2.05, 4.69) is 11.2 Å². The molecule has 0 aromatic rings. The van der Waals surface area contributed by atoms with Crippen LogP contribution in [0.1, 0.15) is 48.5 Å². The number of aliphatic hydroxyl groups is 1. The number of hydrogen-bond acceptors (Lipinski definition) is 3. The van der Waals surface area contributed by atoms with Crippen LogP contribution in [0.3, 0.4) is 0 Å². The average molecular weight is 283 g/mol. The fourth-order valence-corrected chi connectivity index (χ4v) is 1.94. The number of alkyl carbamates (subject to hydrolysis) is 1. The van der Waals surface area contributed by atoms with Crippen molar-refractivity contribution in [2.75, 3.05) is 0 Å². The fraction of sp³-hybridized carbons (Fsp3) is 0.812. The summed E-state index contributed by atoms with van der Waals surface area (Å²) in [6.07, 6.45) is 4.38.